The minimum atomic E-state index is -3.92. The summed E-state index contributed by atoms with van der Waals surface area (Å²) in [5, 5.41) is 9.29. The van der Waals surface area contributed by atoms with Crippen molar-refractivity contribution in [3.63, 3.8) is 0 Å². The second-order valence-corrected chi connectivity index (χ2v) is 7.28. The first-order chi connectivity index (χ1) is 9.68. The zero-order valence-corrected chi connectivity index (χ0v) is 14.1. The molecule has 8 heteroatoms. The van der Waals surface area contributed by atoms with Gasteiger partial charge >= 0.3 is 5.97 Å². The van der Waals surface area contributed by atoms with Crippen LogP contribution in [0.2, 0.25) is 0 Å². The topological polar surface area (TPSA) is 83.5 Å². The van der Waals surface area contributed by atoms with Gasteiger partial charge in [0.1, 0.15) is 5.82 Å². The van der Waals surface area contributed by atoms with Crippen LogP contribution in [-0.4, -0.2) is 26.0 Å². The summed E-state index contributed by atoms with van der Waals surface area (Å²) >= 11 is 2.99. The molecule has 0 aliphatic carbocycles. The van der Waals surface area contributed by atoms with E-state index in [-0.39, 0.29) is 15.9 Å². The van der Waals surface area contributed by atoms with Crippen molar-refractivity contribution in [3.8, 4) is 0 Å². The second-order valence-electron chi connectivity index (χ2n) is 4.69. The van der Waals surface area contributed by atoms with Crippen LogP contribution < -0.4 is 4.72 Å². The molecule has 0 atom stereocenters. The van der Waals surface area contributed by atoms with Gasteiger partial charge in [-0.05, 0) is 47.0 Å². The summed E-state index contributed by atoms with van der Waals surface area (Å²) < 4.78 is 39.8. The van der Waals surface area contributed by atoms with Gasteiger partial charge in [0.15, 0.2) is 0 Å². The van der Waals surface area contributed by atoms with Crippen molar-refractivity contribution in [2.75, 3.05) is 6.54 Å². The largest absolute Gasteiger partial charge is 0.481 e. The Bertz CT molecular complexity index is 629. The maximum absolute atomic E-state index is 13.0. The molecule has 0 aliphatic heterocycles. The highest BCUT2D eigenvalue weighted by Crippen LogP contribution is 2.28. The highest BCUT2D eigenvalue weighted by molar-refractivity contribution is 9.10. The predicted octanol–water partition coefficient (Wildman–Crippen LogP) is 2.76. The van der Waals surface area contributed by atoms with Crippen LogP contribution >= 0.6 is 15.9 Å². The monoisotopic (exact) mass is 381 g/mol. The number of halogens is 2. The van der Waals surface area contributed by atoms with Crippen molar-refractivity contribution in [3.05, 3.63) is 28.5 Å². The summed E-state index contributed by atoms with van der Waals surface area (Å²) in [5.74, 6) is -1.61. The molecule has 1 aromatic carbocycles. The molecular weight excluding hydrogens is 365 g/mol. The lowest BCUT2D eigenvalue weighted by atomic mass is 9.83. The Morgan fingerprint density at radius 3 is 2.38 bits per heavy atom. The number of nitrogens with one attached hydrogen (secondary N) is 1. The van der Waals surface area contributed by atoms with Crippen molar-refractivity contribution < 1.29 is 22.7 Å². The van der Waals surface area contributed by atoms with Crippen LogP contribution in [0.1, 0.15) is 26.7 Å². The van der Waals surface area contributed by atoms with Gasteiger partial charge in [-0.2, -0.15) is 0 Å². The van der Waals surface area contributed by atoms with E-state index in [2.05, 4.69) is 20.7 Å². The second kappa shape index (κ2) is 6.85. The van der Waals surface area contributed by atoms with Crippen LogP contribution in [0, 0.1) is 11.2 Å². The average molecular weight is 382 g/mol. The van der Waals surface area contributed by atoms with Gasteiger partial charge in [0.2, 0.25) is 10.0 Å². The highest BCUT2D eigenvalue weighted by atomic mass is 79.9. The van der Waals surface area contributed by atoms with E-state index in [4.69, 9.17) is 0 Å². The van der Waals surface area contributed by atoms with Gasteiger partial charge in [-0.3, -0.25) is 4.79 Å². The first-order valence-corrected chi connectivity index (χ1v) is 8.64. The lowest BCUT2D eigenvalue weighted by Gasteiger charge is -2.26. The number of benzene rings is 1. The Morgan fingerprint density at radius 2 is 1.95 bits per heavy atom. The zero-order valence-electron chi connectivity index (χ0n) is 11.7. The van der Waals surface area contributed by atoms with Crippen LogP contribution in [-0.2, 0) is 14.8 Å². The van der Waals surface area contributed by atoms with Crippen LogP contribution in [0.25, 0.3) is 0 Å². The fourth-order valence-electron chi connectivity index (χ4n) is 1.88. The quantitative estimate of drug-likeness (QED) is 0.760. The number of carboxylic acid groups (broad SMARTS) is 1. The van der Waals surface area contributed by atoms with E-state index < -0.39 is 27.2 Å². The number of sulfonamides is 1. The minimum absolute atomic E-state index is 0.0870. The smallest absolute Gasteiger partial charge is 0.310 e. The molecule has 0 aromatic heterocycles. The maximum atomic E-state index is 13.0. The number of hydrogen-bond acceptors (Lipinski definition) is 3. The van der Waals surface area contributed by atoms with Crippen molar-refractivity contribution in [1.29, 1.82) is 0 Å². The molecule has 1 aromatic rings. The molecular formula is C13H17BrFNO4S. The van der Waals surface area contributed by atoms with E-state index in [1.807, 2.05) is 0 Å². The lowest BCUT2D eigenvalue weighted by Crippen LogP contribution is -2.42. The molecule has 0 bridgehead atoms. The average Bonchev–Trinajstić information content (AvgIpc) is 2.39. The maximum Gasteiger partial charge on any atom is 0.310 e. The van der Waals surface area contributed by atoms with Crippen LogP contribution in [0.4, 0.5) is 4.39 Å². The summed E-state index contributed by atoms with van der Waals surface area (Å²) in [4.78, 5) is 11.2. The number of hydrogen-bond donors (Lipinski definition) is 2. The van der Waals surface area contributed by atoms with E-state index in [1.54, 1.807) is 13.8 Å². The third kappa shape index (κ3) is 4.02. The molecule has 0 aliphatic rings. The Morgan fingerprint density at radius 1 is 1.38 bits per heavy atom. The Kier molecular flexibility index (Phi) is 5.89. The van der Waals surface area contributed by atoms with Gasteiger partial charge in [0.25, 0.3) is 0 Å². The van der Waals surface area contributed by atoms with E-state index in [1.165, 1.54) is 0 Å². The normalized spacial score (nSPS) is 12.4. The summed E-state index contributed by atoms with van der Waals surface area (Å²) in [6.07, 6.45) is 0.595. The number of rotatable bonds is 7. The summed E-state index contributed by atoms with van der Waals surface area (Å²) in [7, 11) is -3.92. The van der Waals surface area contributed by atoms with Crippen molar-refractivity contribution in [2.24, 2.45) is 5.41 Å². The highest BCUT2D eigenvalue weighted by Gasteiger charge is 2.36. The summed E-state index contributed by atoms with van der Waals surface area (Å²) in [5.41, 5.74) is -1.15. The molecule has 5 nitrogen and oxygen atoms in total. The SMILES string of the molecule is CCC(CC)(CNS(=O)(=O)c1ccc(F)cc1Br)C(=O)O. The van der Waals surface area contributed by atoms with Crippen molar-refractivity contribution in [2.45, 2.75) is 31.6 Å². The molecule has 1 rings (SSSR count). The first-order valence-electron chi connectivity index (χ1n) is 6.36. The van der Waals surface area contributed by atoms with Crippen LogP contribution in [0.3, 0.4) is 0 Å². The molecule has 21 heavy (non-hydrogen) atoms. The van der Waals surface area contributed by atoms with Crippen LogP contribution in [0.5, 0.6) is 0 Å². The minimum Gasteiger partial charge on any atom is -0.481 e. The molecule has 118 valence electrons. The fraction of sp³-hybridized carbons (Fsp3) is 0.462. The van der Waals surface area contributed by atoms with E-state index in [9.17, 15) is 22.7 Å². The van der Waals surface area contributed by atoms with E-state index >= 15 is 0 Å². The van der Waals surface area contributed by atoms with Crippen molar-refractivity contribution in [1.82, 2.24) is 4.72 Å². The Balaban J connectivity index is 3.03. The molecule has 0 unspecified atom stereocenters. The van der Waals surface area contributed by atoms with Crippen molar-refractivity contribution >= 4 is 31.9 Å². The lowest BCUT2D eigenvalue weighted by molar-refractivity contribution is -0.149. The third-order valence-corrected chi connectivity index (χ3v) is 5.97. The third-order valence-electron chi connectivity index (χ3n) is 3.59. The van der Waals surface area contributed by atoms with Gasteiger partial charge in [-0.15, -0.1) is 0 Å². The Hall–Kier alpha value is -0.990. The first kappa shape index (κ1) is 18.1. The molecule has 0 radical (unpaired) electrons. The van der Waals surface area contributed by atoms with Gasteiger partial charge < -0.3 is 5.11 Å². The summed E-state index contributed by atoms with van der Waals surface area (Å²) in [6.45, 7) is 3.17. The van der Waals surface area contributed by atoms with Gasteiger partial charge in [0, 0.05) is 11.0 Å². The molecule has 0 heterocycles. The molecule has 0 saturated carbocycles. The Labute approximate surface area is 131 Å². The number of aliphatic carboxylic acids is 1. The predicted molar refractivity (Wildman–Crippen MR) is 79.9 cm³/mol. The molecule has 0 fully saturated rings. The van der Waals surface area contributed by atoms with Gasteiger partial charge in [-0.25, -0.2) is 17.5 Å². The van der Waals surface area contributed by atoms with Crippen LogP contribution in [0.15, 0.2) is 27.6 Å². The number of carbonyl (C=O) groups is 1. The van der Waals surface area contributed by atoms with Gasteiger partial charge in [-0.1, -0.05) is 13.8 Å². The molecule has 0 spiro atoms. The fourth-order valence-corrected chi connectivity index (χ4v) is 4.06. The molecule has 0 saturated heterocycles. The zero-order chi connectivity index (χ0) is 16.3. The van der Waals surface area contributed by atoms with E-state index in [0.717, 1.165) is 18.2 Å². The van der Waals surface area contributed by atoms with Gasteiger partial charge in [0.05, 0.1) is 10.3 Å². The standard InChI is InChI=1S/C13H17BrFNO4S/c1-3-13(4-2,12(17)18)8-16-21(19,20)11-6-5-9(15)7-10(11)14/h5-7,16H,3-4,8H2,1-2H3,(H,17,18). The molecule has 2 N–H and O–H groups in total. The number of carboxylic acids is 1. The van der Waals surface area contributed by atoms with E-state index in [0.29, 0.717) is 12.8 Å². The summed E-state index contributed by atoms with van der Waals surface area (Å²) in [6, 6.07) is 3.20. The molecule has 0 amide bonds.